The number of carbonyl (C=O) groups is 2. The third-order valence-corrected chi connectivity index (χ3v) is 7.01. The molecule has 1 unspecified atom stereocenters. The number of halogens is 3. The lowest BCUT2D eigenvalue weighted by atomic mass is 10.1. The third-order valence-electron chi connectivity index (χ3n) is 4.86. The molecule has 180 valence electrons. The van der Waals surface area contributed by atoms with Crippen molar-refractivity contribution in [1.29, 1.82) is 0 Å². The topological polar surface area (TPSA) is 96.0 Å². The number of nitrogens with zero attached hydrogens (tertiary/aromatic N) is 2. The van der Waals surface area contributed by atoms with E-state index in [1.54, 1.807) is 31.2 Å². The number of methoxy groups -OCH3 is 1. The lowest BCUT2D eigenvalue weighted by molar-refractivity contribution is -0.139. The largest absolute Gasteiger partial charge is 0.497 e. The van der Waals surface area contributed by atoms with E-state index in [9.17, 15) is 18.0 Å². The maximum Gasteiger partial charge on any atom is 0.244 e. The third kappa shape index (κ3) is 6.89. The van der Waals surface area contributed by atoms with Gasteiger partial charge in [-0.25, -0.2) is 8.42 Å². The molecule has 33 heavy (non-hydrogen) atoms. The predicted molar refractivity (Wildman–Crippen MR) is 131 cm³/mol. The number of likely N-dealkylation sites (N-methyl/N-ethyl adjacent to an activating group) is 1. The van der Waals surface area contributed by atoms with E-state index in [0.29, 0.717) is 5.75 Å². The Morgan fingerprint density at radius 3 is 2.15 bits per heavy atom. The molecule has 0 saturated carbocycles. The molecule has 0 spiro atoms. The van der Waals surface area contributed by atoms with Gasteiger partial charge in [-0.2, -0.15) is 0 Å². The minimum absolute atomic E-state index is 0.00101. The molecule has 2 amide bonds. The highest BCUT2D eigenvalue weighted by atomic mass is 35.5. The summed E-state index contributed by atoms with van der Waals surface area (Å²) in [4.78, 5) is 26.9. The van der Waals surface area contributed by atoms with Gasteiger partial charge in [0.15, 0.2) is 0 Å². The lowest BCUT2D eigenvalue weighted by Crippen LogP contribution is -2.50. The summed E-state index contributed by atoms with van der Waals surface area (Å²) >= 11 is 18.2. The van der Waals surface area contributed by atoms with E-state index < -0.39 is 34.4 Å². The van der Waals surface area contributed by atoms with Crippen LogP contribution in [0.4, 0.5) is 5.69 Å². The average Bonchev–Trinajstić information content (AvgIpc) is 2.77. The van der Waals surface area contributed by atoms with E-state index in [2.05, 4.69) is 5.32 Å². The lowest BCUT2D eigenvalue weighted by Gasteiger charge is -2.31. The number of sulfonamides is 1. The van der Waals surface area contributed by atoms with Crippen LogP contribution in [0.1, 0.15) is 12.5 Å². The molecule has 0 saturated heterocycles. The Morgan fingerprint density at radius 2 is 1.64 bits per heavy atom. The molecule has 2 aromatic rings. The first-order valence-corrected chi connectivity index (χ1v) is 12.6. The van der Waals surface area contributed by atoms with Gasteiger partial charge < -0.3 is 15.0 Å². The van der Waals surface area contributed by atoms with Gasteiger partial charge in [0, 0.05) is 13.6 Å². The first-order chi connectivity index (χ1) is 15.4. The molecule has 0 fully saturated rings. The molecule has 8 nitrogen and oxygen atoms in total. The summed E-state index contributed by atoms with van der Waals surface area (Å²) in [7, 11) is -0.964. The quantitative estimate of drug-likeness (QED) is 0.494. The van der Waals surface area contributed by atoms with Crippen molar-refractivity contribution in [2.45, 2.75) is 19.5 Å². The van der Waals surface area contributed by atoms with Crippen LogP contribution in [0, 0.1) is 0 Å². The summed E-state index contributed by atoms with van der Waals surface area (Å²) in [6.07, 6.45) is 0.940. The second-order valence-electron chi connectivity index (χ2n) is 7.15. The number of carbonyl (C=O) groups excluding carboxylic acids is 2. The fourth-order valence-corrected chi connectivity index (χ4v) is 4.56. The van der Waals surface area contributed by atoms with Gasteiger partial charge in [0.05, 0.1) is 34.1 Å². The Hall–Kier alpha value is -2.20. The molecule has 0 aliphatic rings. The summed E-state index contributed by atoms with van der Waals surface area (Å²) in [5, 5.41) is 2.72. The summed E-state index contributed by atoms with van der Waals surface area (Å²) in [6.45, 7) is 1.01. The van der Waals surface area contributed by atoms with E-state index in [1.165, 1.54) is 31.2 Å². The van der Waals surface area contributed by atoms with Gasteiger partial charge >= 0.3 is 0 Å². The standard InChI is InChI=1S/C21H24Cl3N3O5S/c1-13(21(29)25-2)26(11-14-5-7-15(32-3)8-6-14)20(28)12-27(33(4,30)31)19-10-17(23)16(22)9-18(19)24/h5-10,13H,11-12H2,1-4H3,(H,25,29). The van der Waals surface area contributed by atoms with Crippen LogP contribution in [0.3, 0.4) is 0 Å². The van der Waals surface area contributed by atoms with E-state index in [-0.39, 0.29) is 27.3 Å². The summed E-state index contributed by atoms with van der Waals surface area (Å²) in [5.41, 5.74) is 0.720. The second-order valence-corrected chi connectivity index (χ2v) is 10.3. The number of rotatable bonds is 9. The zero-order valence-corrected chi connectivity index (χ0v) is 21.5. The molecule has 0 aliphatic carbocycles. The van der Waals surface area contributed by atoms with Gasteiger partial charge in [-0.1, -0.05) is 46.9 Å². The number of ether oxygens (including phenoxy) is 1. The van der Waals surface area contributed by atoms with Gasteiger partial charge in [-0.3, -0.25) is 13.9 Å². The van der Waals surface area contributed by atoms with Crippen molar-refractivity contribution >= 4 is 62.3 Å². The van der Waals surface area contributed by atoms with Crippen molar-refractivity contribution in [2.24, 2.45) is 0 Å². The van der Waals surface area contributed by atoms with E-state index >= 15 is 0 Å². The van der Waals surface area contributed by atoms with Crippen LogP contribution >= 0.6 is 34.8 Å². The highest BCUT2D eigenvalue weighted by Gasteiger charge is 2.30. The van der Waals surface area contributed by atoms with Gasteiger partial charge in [-0.05, 0) is 36.8 Å². The van der Waals surface area contributed by atoms with Crippen molar-refractivity contribution in [3.63, 3.8) is 0 Å². The van der Waals surface area contributed by atoms with Crippen LogP contribution in [0.2, 0.25) is 15.1 Å². The Kier molecular flexibility index (Phi) is 9.25. The molecule has 12 heteroatoms. The first kappa shape index (κ1) is 27.0. The van der Waals surface area contributed by atoms with Crippen molar-refractivity contribution < 1.29 is 22.7 Å². The Labute approximate surface area is 208 Å². The maximum absolute atomic E-state index is 13.3. The molecule has 0 heterocycles. The molecular weight excluding hydrogens is 513 g/mol. The van der Waals surface area contributed by atoms with Crippen molar-refractivity contribution in [3.8, 4) is 5.75 Å². The fraction of sp³-hybridized carbons (Fsp3) is 0.333. The summed E-state index contributed by atoms with van der Waals surface area (Å²) < 4.78 is 31.1. The van der Waals surface area contributed by atoms with Crippen LogP contribution in [0.5, 0.6) is 5.75 Å². The second kappa shape index (κ2) is 11.3. The fourth-order valence-electron chi connectivity index (χ4n) is 3.02. The Bertz CT molecular complexity index is 1130. The van der Waals surface area contributed by atoms with Crippen LogP contribution in [-0.2, 0) is 26.2 Å². The molecule has 1 N–H and O–H groups in total. The van der Waals surface area contributed by atoms with E-state index in [1.807, 2.05) is 0 Å². The van der Waals surface area contributed by atoms with Gasteiger partial charge in [-0.15, -0.1) is 0 Å². The van der Waals surface area contributed by atoms with Crippen molar-refractivity contribution in [2.75, 3.05) is 31.3 Å². The smallest absolute Gasteiger partial charge is 0.244 e. The summed E-state index contributed by atoms with van der Waals surface area (Å²) in [6, 6.07) is 8.64. The minimum atomic E-state index is -3.95. The van der Waals surface area contributed by atoms with E-state index in [0.717, 1.165) is 16.1 Å². The van der Waals surface area contributed by atoms with Crippen molar-refractivity contribution in [3.05, 3.63) is 57.0 Å². The normalized spacial score (nSPS) is 12.1. The van der Waals surface area contributed by atoms with Gasteiger partial charge in [0.25, 0.3) is 0 Å². The van der Waals surface area contributed by atoms with Gasteiger partial charge in [0.1, 0.15) is 18.3 Å². The molecule has 2 rings (SSSR count). The molecule has 0 aliphatic heterocycles. The van der Waals surface area contributed by atoms with Crippen molar-refractivity contribution in [1.82, 2.24) is 10.2 Å². The number of anilines is 1. The van der Waals surface area contributed by atoms with Gasteiger partial charge in [0.2, 0.25) is 21.8 Å². The molecule has 0 radical (unpaired) electrons. The number of nitrogens with one attached hydrogen (secondary N) is 1. The Balaban J connectivity index is 2.43. The molecule has 0 bridgehead atoms. The number of hydrogen-bond donors (Lipinski definition) is 1. The highest BCUT2D eigenvalue weighted by Crippen LogP contribution is 2.35. The highest BCUT2D eigenvalue weighted by molar-refractivity contribution is 7.92. The molecule has 2 aromatic carbocycles. The predicted octanol–water partition coefficient (Wildman–Crippen LogP) is 3.58. The molecule has 0 aromatic heterocycles. The van der Waals surface area contributed by atoms with Crippen LogP contribution in [0.25, 0.3) is 0 Å². The monoisotopic (exact) mass is 535 g/mol. The van der Waals surface area contributed by atoms with Crippen LogP contribution in [-0.4, -0.2) is 58.1 Å². The molecular formula is C21H24Cl3N3O5S. The number of hydrogen-bond acceptors (Lipinski definition) is 5. The summed E-state index contributed by atoms with van der Waals surface area (Å²) in [5.74, 6) is -0.390. The number of benzene rings is 2. The van der Waals surface area contributed by atoms with Crippen LogP contribution in [0.15, 0.2) is 36.4 Å². The van der Waals surface area contributed by atoms with Crippen LogP contribution < -0.4 is 14.4 Å². The zero-order valence-electron chi connectivity index (χ0n) is 18.4. The zero-order chi connectivity index (χ0) is 24.9. The van der Waals surface area contributed by atoms with E-state index in [4.69, 9.17) is 39.5 Å². The maximum atomic E-state index is 13.3. The number of amides is 2. The average molecular weight is 537 g/mol. The first-order valence-electron chi connectivity index (χ1n) is 9.65. The SMILES string of the molecule is CNC(=O)C(C)N(Cc1ccc(OC)cc1)C(=O)CN(c1cc(Cl)c(Cl)cc1Cl)S(C)(=O)=O. The minimum Gasteiger partial charge on any atom is -0.497 e. The Morgan fingerprint density at radius 1 is 1.06 bits per heavy atom. The molecule has 1 atom stereocenters.